The number of hydrogen-bond donors (Lipinski definition) is 0. The molecule has 2 aliphatic rings. The van der Waals surface area contributed by atoms with Crippen molar-refractivity contribution in [3.63, 3.8) is 0 Å². The van der Waals surface area contributed by atoms with E-state index in [2.05, 4.69) is 32.7 Å². The number of imidazole rings is 1. The van der Waals surface area contributed by atoms with Crippen LogP contribution in [0.2, 0.25) is 0 Å². The van der Waals surface area contributed by atoms with Crippen LogP contribution in [0.15, 0.2) is 54.9 Å². The van der Waals surface area contributed by atoms with Gasteiger partial charge in [0.05, 0.1) is 17.4 Å². The minimum absolute atomic E-state index is 0.130. The van der Waals surface area contributed by atoms with Gasteiger partial charge in [0.25, 0.3) is 5.91 Å². The number of carbonyl (C=O) groups is 1. The van der Waals surface area contributed by atoms with Crippen molar-refractivity contribution in [3.05, 3.63) is 66.0 Å². The Morgan fingerprint density at radius 3 is 2.66 bits per heavy atom. The molecule has 1 amide bonds. The first-order valence-corrected chi connectivity index (χ1v) is 10.7. The van der Waals surface area contributed by atoms with Gasteiger partial charge in [-0.3, -0.25) is 9.69 Å². The lowest BCUT2D eigenvalue weighted by Gasteiger charge is -2.35. The molecule has 0 bridgehead atoms. The number of likely N-dealkylation sites (tertiary alicyclic amines) is 1. The Labute approximate surface area is 171 Å². The molecule has 2 aromatic carbocycles. The summed E-state index contributed by atoms with van der Waals surface area (Å²) in [6.07, 6.45) is 6.99. The number of nitrogens with zero attached hydrogens (tertiary/aromatic N) is 4. The summed E-state index contributed by atoms with van der Waals surface area (Å²) < 4.78 is 2.14. The van der Waals surface area contributed by atoms with Crippen molar-refractivity contribution in [1.82, 2.24) is 19.4 Å². The molecular weight excluding hydrogens is 360 g/mol. The van der Waals surface area contributed by atoms with Gasteiger partial charge in [-0.25, -0.2) is 4.98 Å². The van der Waals surface area contributed by atoms with Gasteiger partial charge in [-0.05, 0) is 49.1 Å². The van der Waals surface area contributed by atoms with Crippen molar-refractivity contribution in [3.8, 4) is 0 Å². The summed E-state index contributed by atoms with van der Waals surface area (Å²) in [4.78, 5) is 22.0. The summed E-state index contributed by atoms with van der Waals surface area (Å²) in [5.41, 5.74) is 4.08. The van der Waals surface area contributed by atoms with Crippen LogP contribution in [-0.4, -0.2) is 57.5 Å². The molecule has 5 nitrogen and oxygen atoms in total. The summed E-state index contributed by atoms with van der Waals surface area (Å²) in [7, 11) is 1.96. The molecule has 0 spiro atoms. The Hall–Kier alpha value is -2.66. The lowest BCUT2D eigenvalue weighted by molar-refractivity contribution is 0.0720. The van der Waals surface area contributed by atoms with Crippen LogP contribution in [0.3, 0.4) is 0 Å². The maximum Gasteiger partial charge on any atom is 0.253 e. The maximum atomic E-state index is 13.0. The van der Waals surface area contributed by atoms with Crippen LogP contribution >= 0.6 is 0 Å². The summed E-state index contributed by atoms with van der Waals surface area (Å²) in [6, 6.07) is 17.3. The molecule has 0 radical (unpaired) electrons. The zero-order chi connectivity index (χ0) is 19.8. The molecule has 1 saturated carbocycles. The Bertz CT molecular complexity index is 1010. The van der Waals surface area contributed by atoms with Crippen LogP contribution in [0.5, 0.6) is 0 Å². The summed E-state index contributed by atoms with van der Waals surface area (Å²) in [5, 5.41) is 0. The minimum Gasteiger partial charge on any atom is -0.337 e. The van der Waals surface area contributed by atoms with Gasteiger partial charge in [0.2, 0.25) is 0 Å². The predicted molar refractivity (Wildman–Crippen MR) is 115 cm³/mol. The number of amides is 1. The Balaban J connectivity index is 1.24. The normalized spacial score (nSPS) is 20.1. The monoisotopic (exact) mass is 388 g/mol. The van der Waals surface area contributed by atoms with Crippen LogP contribution < -0.4 is 0 Å². The van der Waals surface area contributed by atoms with Gasteiger partial charge in [0, 0.05) is 44.3 Å². The van der Waals surface area contributed by atoms with Gasteiger partial charge in [-0.2, -0.15) is 0 Å². The van der Waals surface area contributed by atoms with Gasteiger partial charge in [-0.15, -0.1) is 0 Å². The third-order valence-electron chi connectivity index (χ3n) is 6.74. The number of benzene rings is 2. The van der Waals surface area contributed by atoms with E-state index in [9.17, 15) is 4.79 Å². The number of carbonyl (C=O) groups excluding carboxylic acids is 1. The summed E-state index contributed by atoms with van der Waals surface area (Å²) in [6.45, 7) is 2.91. The Morgan fingerprint density at radius 1 is 1.10 bits per heavy atom. The smallest absolute Gasteiger partial charge is 0.253 e. The topological polar surface area (TPSA) is 41.4 Å². The highest BCUT2D eigenvalue weighted by Gasteiger charge is 2.34. The highest BCUT2D eigenvalue weighted by atomic mass is 16.2. The summed E-state index contributed by atoms with van der Waals surface area (Å²) >= 11 is 0. The fourth-order valence-corrected chi connectivity index (χ4v) is 4.62. The highest BCUT2D eigenvalue weighted by Crippen LogP contribution is 2.29. The fourth-order valence-electron chi connectivity index (χ4n) is 4.62. The summed E-state index contributed by atoms with van der Waals surface area (Å²) in [5.74, 6) is 0.130. The molecule has 3 aromatic rings. The molecule has 0 N–H and O–H groups in total. The SMILES string of the molecule is CN(C(=O)c1ccc(Cn2cnc3ccccc32)cc1)[C@@H]1CCN(C2CCC2)C1. The molecule has 29 heavy (non-hydrogen) atoms. The van der Waals surface area contributed by atoms with Crippen molar-refractivity contribution < 1.29 is 4.79 Å². The number of rotatable bonds is 5. The number of aromatic nitrogens is 2. The zero-order valence-corrected chi connectivity index (χ0v) is 17.0. The first kappa shape index (κ1) is 18.4. The quantitative estimate of drug-likeness (QED) is 0.668. The molecule has 1 aliphatic heterocycles. The van der Waals surface area contributed by atoms with E-state index in [0.717, 1.165) is 48.7 Å². The van der Waals surface area contributed by atoms with Gasteiger partial charge >= 0.3 is 0 Å². The molecule has 1 aromatic heterocycles. The van der Waals surface area contributed by atoms with Crippen molar-refractivity contribution in [2.24, 2.45) is 0 Å². The van der Waals surface area contributed by atoms with E-state index < -0.39 is 0 Å². The van der Waals surface area contributed by atoms with Crippen molar-refractivity contribution in [1.29, 1.82) is 0 Å². The third kappa shape index (κ3) is 3.55. The number of hydrogen-bond acceptors (Lipinski definition) is 3. The minimum atomic E-state index is 0.130. The maximum absolute atomic E-state index is 13.0. The lowest BCUT2D eigenvalue weighted by Crippen LogP contribution is -2.43. The van der Waals surface area contributed by atoms with E-state index >= 15 is 0 Å². The van der Waals surface area contributed by atoms with Crippen LogP contribution in [0.1, 0.15) is 41.6 Å². The van der Waals surface area contributed by atoms with Crippen molar-refractivity contribution in [2.45, 2.75) is 44.3 Å². The van der Waals surface area contributed by atoms with Crippen LogP contribution in [0, 0.1) is 0 Å². The van der Waals surface area contributed by atoms with E-state index in [0.29, 0.717) is 6.04 Å². The average molecular weight is 389 g/mol. The second kappa shape index (κ2) is 7.64. The Morgan fingerprint density at radius 2 is 1.90 bits per heavy atom. The third-order valence-corrected chi connectivity index (χ3v) is 6.74. The Kier molecular flexibility index (Phi) is 4.84. The van der Waals surface area contributed by atoms with E-state index in [1.54, 1.807) is 0 Å². The molecular formula is C24H28N4O. The van der Waals surface area contributed by atoms with E-state index in [4.69, 9.17) is 0 Å². The molecule has 150 valence electrons. The molecule has 1 saturated heterocycles. The van der Waals surface area contributed by atoms with Gasteiger partial charge in [-0.1, -0.05) is 30.7 Å². The van der Waals surface area contributed by atoms with Crippen molar-refractivity contribution >= 4 is 16.9 Å². The lowest BCUT2D eigenvalue weighted by atomic mass is 9.92. The average Bonchev–Trinajstić information content (AvgIpc) is 3.34. The fraction of sp³-hybridized carbons (Fsp3) is 0.417. The molecule has 5 heteroatoms. The highest BCUT2D eigenvalue weighted by molar-refractivity contribution is 5.94. The van der Waals surface area contributed by atoms with Crippen LogP contribution in [0.25, 0.3) is 11.0 Å². The second-order valence-corrected chi connectivity index (χ2v) is 8.50. The van der Waals surface area contributed by atoms with E-state index in [1.807, 2.05) is 48.6 Å². The van der Waals surface area contributed by atoms with Crippen LogP contribution in [-0.2, 0) is 6.54 Å². The van der Waals surface area contributed by atoms with Gasteiger partial charge in [0.15, 0.2) is 0 Å². The molecule has 1 atom stereocenters. The van der Waals surface area contributed by atoms with Crippen LogP contribution in [0.4, 0.5) is 0 Å². The second-order valence-electron chi connectivity index (χ2n) is 8.50. The molecule has 2 heterocycles. The van der Waals surface area contributed by atoms with Gasteiger partial charge < -0.3 is 9.47 Å². The predicted octanol–water partition coefficient (Wildman–Crippen LogP) is 3.78. The largest absolute Gasteiger partial charge is 0.337 e. The first-order valence-electron chi connectivity index (χ1n) is 10.7. The number of para-hydroxylation sites is 2. The van der Waals surface area contributed by atoms with E-state index in [1.165, 1.54) is 24.8 Å². The molecule has 2 fully saturated rings. The first-order chi connectivity index (χ1) is 14.2. The van der Waals surface area contributed by atoms with E-state index in [-0.39, 0.29) is 5.91 Å². The molecule has 1 aliphatic carbocycles. The van der Waals surface area contributed by atoms with Gasteiger partial charge in [0.1, 0.15) is 0 Å². The standard InChI is InChI=1S/C24H28N4O/c1-26(21-13-14-27(16-21)20-5-4-6-20)24(29)19-11-9-18(10-12-19)15-28-17-25-22-7-2-3-8-23(22)28/h2-3,7-12,17,20-21H,4-6,13-16H2,1H3/t21-/m1/s1. The molecule has 5 rings (SSSR count). The molecule has 0 unspecified atom stereocenters. The zero-order valence-electron chi connectivity index (χ0n) is 17.0. The number of likely N-dealkylation sites (N-methyl/N-ethyl adjacent to an activating group) is 1. The number of fused-ring (bicyclic) bond motifs is 1. The van der Waals surface area contributed by atoms with Crippen molar-refractivity contribution in [2.75, 3.05) is 20.1 Å².